The molecule has 0 spiro atoms. The second-order valence-corrected chi connectivity index (χ2v) is 10.2. The maximum absolute atomic E-state index is 13.4. The molecule has 0 fully saturated rings. The maximum atomic E-state index is 13.4. The van der Waals surface area contributed by atoms with Crippen LogP contribution in [0.3, 0.4) is 0 Å². The molecule has 4 aromatic rings. The van der Waals surface area contributed by atoms with Gasteiger partial charge in [0.2, 0.25) is 5.91 Å². The lowest BCUT2D eigenvalue weighted by Crippen LogP contribution is -2.30. The number of amides is 3. The van der Waals surface area contributed by atoms with E-state index >= 15 is 0 Å². The summed E-state index contributed by atoms with van der Waals surface area (Å²) in [6.45, 7) is 0. The molecule has 3 amide bonds. The van der Waals surface area contributed by atoms with Crippen molar-refractivity contribution in [3.8, 4) is 11.5 Å². The molecule has 0 saturated carbocycles. The number of rotatable bonds is 11. The molecule has 0 aromatic heterocycles. The topological polar surface area (TPSA) is 106 Å². The molecular weight excluding hydrogens is 574 g/mol. The third kappa shape index (κ3) is 8.39. The summed E-state index contributed by atoms with van der Waals surface area (Å²) in [4.78, 5) is 39.6. The molecule has 0 aliphatic carbocycles. The highest BCUT2D eigenvalue weighted by molar-refractivity contribution is 8.00. The van der Waals surface area contributed by atoms with Crippen molar-refractivity contribution in [2.24, 2.45) is 0 Å². The van der Waals surface area contributed by atoms with Gasteiger partial charge in [0.15, 0.2) is 11.5 Å². The summed E-state index contributed by atoms with van der Waals surface area (Å²) in [5.41, 5.74) is 2.06. The Morgan fingerprint density at radius 3 is 2.29 bits per heavy atom. The number of benzene rings is 4. The van der Waals surface area contributed by atoms with Gasteiger partial charge in [-0.3, -0.25) is 14.4 Å². The highest BCUT2D eigenvalue weighted by Crippen LogP contribution is 2.29. The first-order valence-corrected chi connectivity index (χ1v) is 14.1. The summed E-state index contributed by atoms with van der Waals surface area (Å²) < 4.78 is 10.7. The van der Waals surface area contributed by atoms with Crippen LogP contribution in [-0.2, 0) is 9.59 Å². The minimum Gasteiger partial charge on any atom is -0.493 e. The molecule has 0 aliphatic heterocycles. The molecule has 0 bridgehead atoms. The van der Waals surface area contributed by atoms with Crippen LogP contribution in [-0.4, -0.2) is 37.7 Å². The summed E-state index contributed by atoms with van der Waals surface area (Å²) in [5.74, 6) is -0.0435. The average molecular weight is 602 g/mol. The summed E-state index contributed by atoms with van der Waals surface area (Å²) in [6, 6.07) is 27.8. The normalized spacial score (nSPS) is 10.9. The van der Waals surface area contributed by atoms with Gasteiger partial charge in [-0.1, -0.05) is 54.1 Å². The molecule has 4 aromatic carbocycles. The number of hydrogen-bond acceptors (Lipinski definition) is 6. The number of anilines is 2. The third-order valence-electron chi connectivity index (χ3n) is 5.86. The summed E-state index contributed by atoms with van der Waals surface area (Å²) >= 11 is 7.43. The number of thioether (sulfide) groups is 1. The zero-order valence-corrected chi connectivity index (χ0v) is 24.4. The lowest BCUT2D eigenvalue weighted by atomic mass is 10.1. The average Bonchev–Trinajstić information content (AvgIpc) is 3.01. The van der Waals surface area contributed by atoms with Gasteiger partial charge in [0, 0.05) is 16.1 Å². The number of carbonyl (C=O) groups excluding carboxylic acids is 3. The van der Waals surface area contributed by atoms with Crippen molar-refractivity contribution in [3.05, 3.63) is 119 Å². The van der Waals surface area contributed by atoms with E-state index in [1.165, 1.54) is 26.0 Å². The number of nitrogens with one attached hydrogen (secondary N) is 3. The third-order valence-corrected chi connectivity index (χ3v) is 7.18. The van der Waals surface area contributed by atoms with Crippen LogP contribution in [0.2, 0.25) is 5.02 Å². The van der Waals surface area contributed by atoms with Crippen molar-refractivity contribution in [2.45, 2.75) is 4.90 Å². The Morgan fingerprint density at radius 1 is 0.810 bits per heavy atom. The Kier molecular flexibility index (Phi) is 10.6. The first-order chi connectivity index (χ1) is 20.4. The summed E-state index contributed by atoms with van der Waals surface area (Å²) in [7, 11) is 3.05. The molecule has 0 radical (unpaired) electrons. The molecular formula is C32H28ClN3O5S. The fourth-order valence-electron chi connectivity index (χ4n) is 3.81. The van der Waals surface area contributed by atoms with E-state index in [1.54, 1.807) is 97.1 Å². The molecule has 8 nitrogen and oxygen atoms in total. The van der Waals surface area contributed by atoms with E-state index in [2.05, 4.69) is 16.0 Å². The van der Waals surface area contributed by atoms with Crippen LogP contribution < -0.4 is 25.4 Å². The van der Waals surface area contributed by atoms with Crippen molar-refractivity contribution in [3.63, 3.8) is 0 Å². The minimum atomic E-state index is -0.535. The molecule has 0 saturated heterocycles. The number of halogens is 1. The van der Waals surface area contributed by atoms with Crippen LogP contribution in [0.4, 0.5) is 11.4 Å². The Labute approximate surface area is 253 Å². The van der Waals surface area contributed by atoms with E-state index < -0.39 is 11.8 Å². The van der Waals surface area contributed by atoms with E-state index in [0.29, 0.717) is 39.0 Å². The van der Waals surface area contributed by atoms with Gasteiger partial charge < -0.3 is 25.4 Å². The molecule has 4 rings (SSSR count). The molecule has 10 heteroatoms. The first-order valence-electron chi connectivity index (χ1n) is 12.7. The summed E-state index contributed by atoms with van der Waals surface area (Å²) in [6.07, 6.45) is 1.55. The Morgan fingerprint density at radius 2 is 1.55 bits per heavy atom. The lowest BCUT2D eigenvalue weighted by molar-refractivity contribution is -0.114. The van der Waals surface area contributed by atoms with Gasteiger partial charge in [0.05, 0.1) is 30.7 Å². The quantitative estimate of drug-likeness (QED) is 0.134. The van der Waals surface area contributed by atoms with Crippen LogP contribution in [0.15, 0.2) is 108 Å². The second-order valence-electron chi connectivity index (χ2n) is 8.79. The largest absolute Gasteiger partial charge is 0.493 e. The second kappa shape index (κ2) is 14.8. The van der Waals surface area contributed by atoms with Crippen LogP contribution in [0.5, 0.6) is 11.5 Å². The molecule has 0 heterocycles. The Balaban J connectivity index is 1.50. The smallest absolute Gasteiger partial charge is 0.272 e. The van der Waals surface area contributed by atoms with Gasteiger partial charge in [-0.15, -0.1) is 11.8 Å². The van der Waals surface area contributed by atoms with Crippen molar-refractivity contribution in [2.75, 3.05) is 30.6 Å². The van der Waals surface area contributed by atoms with Gasteiger partial charge in [0.1, 0.15) is 5.70 Å². The van der Waals surface area contributed by atoms with Gasteiger partial charge in [-0.2, -0.15) is 0 Å². The van der Waals surface area contributed by atoms with Crippen LogP contribution in [0, 0.1) is 0 Å². The number of ether oxygens (including phenoxy) is 2. The molecule has 3 N–H and O–H groups in total. The summed E-state index contributed by atoms with van der Waals surface area (Å²) in [5, 5.41) is 8.80. The molecule has 214 valence electrons. The Hall–Kier alpha value is -4.73. The fourth-order valence-corrected chi connectivity index (χ4v) is 4.75. The standard InChI is InChI=1S/C32H28ClN3O5S/c1-40-28-16-15-21(18-29(28)41-2)17-27(36-31(38)22-9-4-3-5-10-22)32(39)34-23-11-8-12-24(19-23)42-20-30(37)35-26-14-7-6-13-25(26)33/h3-19H,20H2,1-2H3,(H,34,39)(H,35,37)(H,36,38)/b27-17+. The highest BCUT2D eigenvalue weighted by Gasteiger charge is 2.16. The van der Waals surface area contributed by atoms with Gasteiger partial charge in [0.25, 0.3) is 11.8 Å². The van der Waals surface area contributed by atoms with E-state index in [0.717, 1.165) is 4.90 Å². The lowest BCUT2D eigenvalue weighted by Gasteiger charge is -2.13. The van der Waals surface area contributed by atoms with Crippen molar-refractivity contribution in [1.82, 2.24) is 5.32 Å². The number of methoxy groups -OCH3 is 2. The van der Waals surface area contributed by atoms with Crippen LogP contribution in [0.1, 0.15) is 15.9 Å². The SMILES string of the molecule is COc1ccc(/C=C(/NC(=O)c2ccccc2)C(=O)Nc2cccc(SCC(=O)Nc3ccccc3Cl)c2)cc1OC. The monoisotopic (exact) mass is 601 g/mol. The highest BCUT2D eigenvalue weighted by atomic mass is 35.5. The molecule has 0 atom stereocenters. The fraction of sp³-hybridized carbons (Fsp3) is 0.0938. The number of hydrogen-bond donors (Lipinski definition) is 3. The zero-order chi connectivity index (χ0) is 29.9. The number of para-hydroxylation sites is 1. The van der Waals surface area contributed by atoms with E-state index in [4.69, 9.17) is 21.1 Å². The predicted molar refractivity (Wildman–Crippen MR) is 167 cm³/mol. The maximum Gasteiger partial charge on any atom is 0.272 e. The minimum absolute atomic E-state index is 0.0215. The predicted octanol–water partition coefficient (Wildman–Crippen LogP) is 6.50. The van der Waals surface area contributed by atoms with E-state index in [-0.39, 0.29) is 17.4 Å². The van der Waals surface area contributed by atoms with Crippen molar-refractivity contribution < 1.29 is 23.9 Å². The van der Waals surface area contributed by atoms with Gasteiger partial charge in [-0.25, -0.2) is 0 Å². The molecule has 42 heavy (non-hydrogen) atoms. The van der Waals surface area contributed by atoms with Crippen LogP contribution >= 0.6 is 23.4 Å². The molecule has 0 unspecified atom stereocenters. The number of carbonyl (C=O) groups is 3. The van der Waals surface area contributed by atoms with Crippen LogP contribution in [0.25, 0.3) is 6.08 Å². The van der Waals surface area contributed by atoms with Crippen molar-refractivity contribution >= 4 is 58.5 Å². The molecule has 0 aliphatic rings. The van der Waals surface area contributed by atoms with Crippen molar-refractivity contribution in [1.29, 1.82) is 0 Å². The first kappa shape index (κ1) is 30.2. The van der Waals surface area contributed by atoms with Gasteiger partial charge >= 0.3 is 0 Å². The van der Waals surface area contributed by atoms with Gasteiger partial charge in [-0.05, 0) is 66.2 Å². The van der Waals surface area contributed by atoms with E-state index in [1.807, 2.05) is 6.07 Å². The Bertz CT molecular complexity index is 1610. The van der Waals surface area contributed by atoms with E-state index in [9.17, 15) is 14.4 Å². The zero-order valence-electron chi connectivity index (χ0n) is 22.8.